The number of carbonyl (C=O) groups excluding carboxylic acids is 1. The third kappa shape index (κ3) is 6.50. The zero-order valence-corrected chi connectivity index (χ0v) is 20.5. The summed E-state index contributed by atoms with van der Waals surface area (Å²) in [4.78, 5) is 14.7. The van der Waals surface area contributed by atoms with E-state index < -0.39 is 20.0 Å². The molecule has 32 heavy (non-hydrogen) atoms. The molecule has 2 saturated heterocycles. The molecule has 11 heteroatoms. The van der Waals surface area contributed by atoms with Crippen LogP contribution < -0.4 is 5.32 Å². The van der Waals surface area contributed by atoms with E-state index in [9.17, 15) is 21.6 Å². The third-order valence-electron chi connectivity index (χ3n) is 6.30. The molecule has 0 saturated carbocycles. The highest BCUT2D eigenvalue weighted by atomic mass is 32.2. The summed E-state index contributed by atoms with van der Waals surface area (Å²) >= 11 is 0. The molecule has 2 aliphatic heterocycles. The van der Waals surface area contributed by atoms with E-state index in [0.717, 1.165) is 25.7 Å². The van der Waals surface area contributed by atoms with Crippen LogP contribution in [0.1, 0.15) is 38.5 Å². The lowest BCUT2D eigenvalue weighted by molar-refractivity contribution is -0.117. The smallest absolute Gasteiger partial charge is 0.243 e. The van der Waals surface area contributed by atoms with Gasteiger partial charge >= 0.3 is 0 Å². The van der Waals surface area contributed by atoms with Gasteiger partial charge in [0.2, 0.25) is 26.0 Å². The minimum atomic E-state index is -3.51. The van der Waals surface area contributed by atoms with Crippen molar-refractivity contribution in [2.24, 2.45) is 0 Å². The maximum Gasteiger partial charge on any atom is 0.243 e. The van der Waals surface area contributed by atoms with E-state index in [1.165, 1.54) is 10.6 Å². The molecule has 9 nitrogen and oxygen atoms in total. The van der Waals surface area contributed by atoms with Crippen LogP contribution in [0.3, 0.4) is 0 Å². The standard InChI is InChI=1S/C21H34N4O5S2/c1-23(31(2,27)28)19-11-15-24(16-12-19)17-21(26)22-18-7-9-20(10-8-18)32(29,30)25-13-5-3-4-6-14-25/h7-10,19H,3-6,11-17H2,1-2H3,(H,22,26). The lowest BCUT2D eigenvalue weighted by Crippen LogP contribution is -2.47. The van der Waals surface area contributed by atoms with Gasteiger partial charge in [0.05, 0.1) is 17.7 Å². The van der Waals surface area contributed by atoms with Crippen LogP contribution in [0, 0.1) is 0 Å². The SMILES string of the molecule is CN(C1CCN(CC(=O)Nc2ccc(S(=O)(=O)N3CCCCCC3)cc2)CC1)S(C)(=O)=O. The molecule has 3 rings (SSSR count). The summed E-state index contributed by atoms with van der Waals surface area (Å²) in [6.45, 7) is 2.61. The van der Waals surface area contributed by atoms with Gasteiger partial charge in [0.15, 0.2) is 0 Å². The number of rotatable bonds is 7. The van der Waals surface area contributed by atoms with E-state index in [-0.39, 0.29) is 23.4 Å². The van der Waals surface area contributed by atoms with Crippen molar-refractivity contribution in [2.75, 3.05) is 51.3 Å². The van der Waals surface area contributed by atoms with Gasteiger partial charge in [-0.25, -0.2) is 21.1 Å². The molecule has 0 aliphatic carbocycles. The number of carbonyl (C=O) groups is 1. The number of piperidine rings is 1. The fourth-order valence-corrected chi connectivity index (χ4v) is 6.53. The van der Waals surface area contributed by atoms with E-state index >= 15 is 0 Å². The van der Waals surface area contributed by atoms with Crippen LogP contribution in [0.15, 0.2) is 29.2 Å². The van der Waals surface area contributed by atoms with E-state index in [1.807, 2.05) is 4.90 Å². The maximum absolute atomic E-state index is 12.9. The predicted molar refractivity (Wildman–Crippen MR) is 124 cm³/mol. The first kappa shape index (κ1) is 25.1. The third-order valence-corrected chi connectivity index (χ3v) is 9.56. The van der Waals surface area contributed by atoms with Crippen molar-refractivity contribution in [3.63, 3.8) is 0 Å². The number of benzene rings is 1. The summed E-state index contributed by atoms with van der Waals surface area (Å²) in [5, 5.41) is 2.82. The number of likely N-dealkylation sites (tertiary alicyclic amines) is 1. The Balaban J connectivity index is 1.51. The van der Waals surface area contributed by atoms with Crippen molar-refractivity contribution in [1.29, 1.82) is 0 Å². The van der Waals surface area contributed by atoms with Crippen LogP contribution in [0.25, 0.3) is 0 Å². The first-order valence-corrected chi connectivity index (χ1v) is 14.4. The highest BCUT2D eigenvalue weighted by Gasteiger charge is 2.28. The molecule has 1 N–H and O–H groups in total. The van der Waals surface area contributed by atoms with Gasteiger partial charge in [-0.15, -0.1) is 0 Å². The zero-order valence-electron chi connectivity index (χ0n) is 18.9. The molecule has 1 aromatic rings. The summed E-state index contributed by atoms with van der Waals surface area (Å²) < 4.78 is 52.1. The zero-order chi connectivity index (χ0) is 23.4. The molecule has 2 heterocycles. The normalized spacial score (nSPS) is 20.2. The van der Waals surface area contributed by atoms with Crippen LogP contribution in [0.2, 0.25) is 0 Å². The lowest BCUT2D eigenvalue weighted by Gasteiger charge is -2.35. The Morgan fingerprint density at radius 3 is 2.06 bits per heavy atom. The summed E-state index contributed by atoms with van der Waals surface area (Å²) in [6.07, 6.45) is 6.45. The van der Waals surface area contributed by atoms with Crippen molar-refractivity contribution in [3.05, 3.63) is 24.3 Å². The Labute approximate surface area is 191 Å². The Hall–Kier alpha value is -1.53. The number of hydrogen-bond acceptors (Lipinski definition) is 6. The molecule has 1 aromatic carbocycles. The van der Waals surface area contributed by atoms with Gasteiger partial charge in [0.1, 0.15) is 0 Å². The quantitative estimate of drug-likeness (QED) is 0.627. The van der Waals surface area contributed by atoms with Gasteiger partial charge < -0.3 is 5.32 Å². The number of amides is 1. The number of sulfonamides is 2. The summed E-state index contributed by atoms with van der Waals surface area (Å²) in [6, 6.07) is 6.29. The topological polar surface area (TPSA) is 107 Å². The summed E-state index contributed by atoms with van der Waals surface area (Å²) in [5.74, 6) is -0.178. The molecule has 2 aliphatic rings. The molecular formula is C21H34N4O5S2. The molecule has 1 amide bonds. The van der Waals surface area contributed by atoms with Crippen molar-refractivity contribution >= 4 is 31.6 Å². The second-order valence-corrected chi connectivity index (χ2v) is 12.7. The molecule has 0 aromatic heterocycles. The Kier molecular flexibility index (Phi) is 8.31. The molecular weight excluding hydrogens is 452 g/mol. The van der Waals surface area contributed by atoms with Crippen LogP contribution in [-0.4, -0.2) is 88.3 Å². The van der Waals surface area contributed by atoms with Gasteiger partial charge in [-0.3, -0.25) is 9.69 Å². The van der Waals surface area contributed by atoms with Gasteiger partial charge in [-0.2, -0.15) is 4.31 Å². The van der Waals surface area contributed by atoms with Crippen LogP contribution in [-0.2, 0) is 24.8 Å². The second kappa shape index (κ2) is 10.6. The number of anilines is 1. The molecule has 2 fully saturated rings. The highest BCUT2D eigenvalue weighted by Crippen LogP contribution is 2.22. The van der Waals surface area contributed by atoms with Crippen molar-refractivity contribution in [3.8, 4) is 0 Å². The highest BCUT2D eigenvalue weighted by molar-refractivity contribution is 7.89. The fraction of sp³-hybridized carbons (Fsp3) is 0.667. The Morgan fingerprint density at radius 1 is 0.969 bits per heavy atom. The van der Waals surface area contributed by atoms with E-state index in [1.54, 1.807) is 35.6 Å². The minimum Gasteiger partial charge on any atom is -0.325 e. The van der Waals surface area contributed by atoms with Crippen LogP contribution in [0.4, 0.5) is 5.69 Å². The maximum atomic E-state index is 12.9. The number of nitrogens with zero attached hydrogens (tertiary/aromatic N) is 3. The predicted octanol–water partition coefficient (Wildman–Crippen LogP) is 1.55. The largest absolute Gasteiger partial charge is 0.325 e. The molecule has 0 bridgehead atoms. The number of nitrogens with one attached hydrogen (secondary N) is 1. The van der Waals surface area contributed by atoms with Gasteiger partial charge in [-0.05, 0) is 49.9 Å². The molecule has 0 radical (unpaired) electrons. The van der Waals surface area contributed by atoms with Crippen molar-refractivity contribution in [2.45, 2.75) is 49.5 Å². The summed E-state index contributed by atoms with van der Waals surface area (Å²) in [7, 11) is -5.13. The molecule has 0 spiro atoms. The van der Waals surface area contributed by atoms with Crippen LogP contribution >= 0.6 is 0 Å². The van der Waals surface area contributed by atoms with Crippen molar-refractivity contribution in [1.82, 2.24) is 13.5 Å². The van der Waals surface area contributed by atoms with Gasteiger partial charge in [-0.1, -0.05) is 12.8 Å². The van der Waals surface area contributed by atoms with E-state index in [0.29, 0.717) is 44.7 Å². The lowest BCUT2D eigenvalue weighted by atomic mass is 10.1. The first-order valence-electron chi connectivity index (χ1n) is 11.1. The molecule has 180 valence electrons. The second-order valence-electron chi connectivity index (χ2n) is 8.68. The average Bonchev–Trinajstić information content (AvgIpc) is 3.04. The average molecular weight is 487 g/mol. The molecule has 0 unspecified atom stereocenters. The monoisotopic (exact) mass is 486 g/mol. The fourth-order valence-electron chi connectivity index (χ4n) is 4.26. The number of hydrogen-bond donors (Lipinski definition) is 1. The van der Waals surface area contributed by atoms with E-state index in [4.69, 9.17) is 0 Å². The van der Waals surface area contributed by atoms with Crippen LogP contribution in [0.5, 0.6) is 0 Å². The summed E-state index contributed by atoms with van der Waals surface area (Å²) in [5.41, 5.74) is 0.552. The first-order chi connectivity index (χ1) is 15.1. The molecule has 0 atom stereocenters. The van der Waals surface area contributed by atoms with Gasteiger partial charge in [0, 0.05) is 45.0 Å². The van der Waals surface area contributed by atoms with Crippen molar-refractivity contribution < 1.29 is 21.6 Å². The van der Waals surface area contributed by atoms with E-state index in [2.05, 4.69) is 5.32 Å². The Bertz CT molecular complexity index is 980. The minimum absolute atomic E-state index is 0.0389. The van der Waals surface area contributed by atoms with Gasteiger partial charge in [0.25, 0.3) is 0 Å². The Morgan fingerprint density at radius 2 is 1.53 bits per heavy atom.